The van der Waals surface area contributed by atoms with Crippen LogP contribution in [-0.2, 0) is 0 Å². The first kappa shape index (κ1) is 12.5. The Kier molecular flexibility index (Phi) is 4.26. The third-order valence-electron chi connectivity index (χ3n) is 2.64. The topological polar surface area (TPSA) is 54.7 Å². The van der Waals surface area contributed by atoms with Crippen molar-refractivity contribution in [2.24, 2.45) is 0 Å². The highest BCUT2D eigenvalue weighted by Crippen LogP contribution is 2.35. The summed E-state index contributed by atoms with van der Waals surface area (Å²) >= 11 is 0. The number of hydrogen-bond acceptors (Lipinski definition) is 5. The van der Waals surface area contributed by atoms with Crippen molar-refractivity contribution in [1.29, 1.82) is 5.26 Å². The van der Waals surface area contributed by atoms with Gasteiger partial charge in [-0.1, -0.05) is 0 Å². The first-order valence-electron chi connectivity index (χ1n) is 5.87. The Morgan fingerprint density at radius 3 is 3.06 bits per heavy atom. The van der Waals surface area contributed by atoms with Crippen LogP contribution in [0.25, 0.3) is 0 Å². The fraction of sp³-hybridized carbons (Fsp3) is 0.462. The van der Waals surface area contributed by atoms with E-state index < -0.39 is 0 Å². The van der Waals surface area contributed by atoms with Gasteiger partial charge in [-0.05, 0) is 25.6 Å². The third kappa shape index (κ3) is 3.28. The molecule has 0 aromatic heterocycles. The lowest BCUT2D eigenvalue weighted by Gasteiger charge is -2.12. The molecule has 5 heteroatoms. The van der Waals surface area contributed by atoms with Gasteiger partial charge in [-0.2, -0.15) is 5.26 Å². The molecule has 0 unspecified atom stereocenters. The van der Waals surface area contributed by atoms with E-state index in [0.717, 1.165) is 30.2 Å². The van der Waals surface area contributed by atoms with Crippen LogP contribution < -0.4 is 14.2 Å². The van der Waals surface area contributed by atoms with E-state index in [1.54, 1.807) is 0 Å². The van der Waals surface area contributed by atoms with E-state index in [4.69, 9.17) is 19.5 Å². The molecule has 96 valence electrons. The third-order valence-corrected chi connectivity index (χ3v) is 2.64. The second-order valence-corrected chi connectivity index (χ2v) is 4.11. The molecular weight excluding hydrogens is 232 g/mol. The quantitative estimate of drug-likeness (QED) is 0.566. The highest BCUT2D eigenvalue weighted by atomic mass is 16.7. The fourth-order valence-corrected chi connectivity index (χ4v) is 1.69. The van der Waals surface area contributed by atoms with Crippen molar-refractivity contribution < 1.29 is 14.2 Å². The maximum Gasteiger partial charge on any atom is 0.231 e. The molecule has 1 aliphatic rings. The van der Waals surface area contributed by atoms with Gasteiger partial charge in [0.25, 0.3) is 0 Å². The summed E-state index contributed by atoms with van der Waals surface area (Å²) in [5.41, 5.74) is 0. The van der Waals surface area contributed by atoms with Crippen LogP contribution in [0, 0.1) is 11.3 Å². The van der Waals surface area contributed by atoms with Gasteiger partial charge < -0.3 is 14.2 Å². The Morgan fingerprint density at radius 1 is 1.39 bits per heavy atom. The molecule has 0 saturated carbocycles. The van der Waals surface area contributed by atoms with Crippen molar-refractivity contribution in [3.63, 3.8) is 0 Å². The lowest BCUT2D eigenvalue weighted by molar-refractivity contribution is 0.173. The summed E-state index contributed by atoms with van der Waals surface area (Å²) in [5.74, 6) is 2.27. The molecule has 0 fully saturated rings. The van der Waals surface area contributed by atoms with Crippen LogP contribution in [-0.4, -0.2) is 38.4 Å². The van der Waals surface area contributed by atoms with Crippen LogP contribution in [0.15, 0.2) is 18.2 Å². The van der Waals surface area contributed by atoms with Gasteiger partial charge in [0.1, 0.15) is 5.75 Å². The van der Waals surface area contributed by atoms with E-state index in [0.29, 0.717) is 13.2 Å². The Hall–Kier alpha value is -1.93. The van der Waals surface area contributed by atoms with E-state index in [2.05, 4.69) is 6.07 Å². The fourth-order valence-electron chi connectivity index (χ4n) is 1.69. The smallest absolute Gasteiger partial charge is 0.231 e. The van der Waals surface area contributed by atoms with Crippen LogP contribution in [0.1, 0.15) is 6.42 Å². The van der Waals surface area contributed by atoms with Crippen molar-refractivity contribution in [3.8, 4) is 23.3 Å². The monoisotopic (exact) mass is 248 g/mol. The molecule has 1 aromatic rings. The molecule has 0 amide bonds. The van der Waals surface area contributed by atoms with Crippen LogP contribution >= 0.6 is 0 Å². The molecule has 0 saturated heterocycles. The zero-order valence-corrected chi connectivity index (χ0v) is 10.4. The van der Waals surface area contributed by atoms with Gasteiger partial charge in [0.2, 0.25) is 6.79 Å². The predicted octanol–water partition coefficient (Wildman–Crippen LogP) is 1.64. The summed E-state index contributed by atoms with van der Waals surface area (Å²) in [4.78, 5) is 1.96. The van der Waals surface area contributed by atoms with Crippen LogP contribution in [0.2, 0.25) is 0 Å². The number of rotatable bonds is 6. The zero-order chi connectivity index (χ0) is 12.8. The van der Waals surface area contributed by atoms with E-state index in [9.17, 15) is 0 Å². The lowest BCUT2D eigenvalue weighted by Crippen LogP contribution is -2.21. The Labute approximate surface area is 106 Å². The Balaban J connectivity index is 1.72. The van der Waals surface area contributed by atoms with Gasteiger partial charge in [-0.3, -0.25) is 4.90 Å². The highest BCUT2D eigenvalue weighted by Gasteiger charge is 2.13. The summed E-state index contributed by atoms with van der Waals surface area (Å²) in [6, 6.07) is 7.66. The maximum absolute atomic E-state index is 8.51. The molecule has 0 N–H and O–H groups in total. The first-order chi connectivity index (χ1) is 8.79. The number of ether oxygens (including phenoxy) is 3. The minimum atomic E-state index is 0.276. The Morgan fingerprint density at radius 2 is 2.22 bits per heavy atom. The number of hydrogen-bond donors (Lipinski definition) is 0. The van der Waals surface area contributed by atoms with Gasteiger partial charge in [-0.25, -0.2) is 0 Å². The summed E-state index contributed by atoms with van der Waals surface area (Å²) in [7, 11) is 1.92. The minimum Gasteiger partial charge on any atom is -0.493 e. The maximum atomic E-state index is 8.51. The highest BCUT2D eigenvalue weighted by molar-refractivity contribution is 5.46. The predicted molar refractivity (Wildman–Crippen MR) is 65.8 cm³/mol. The number of nitrogens with zero attached hydrogens (tertiary/aromatic N) is 2. The van der Waals surface area contributed by atoms with E-state index in [-0.39, 0.29) is 6.79 Å². The molecule has 1 heterocycles. The summed E-state index contributed by atoms with van der Waals surface area (Å²) in [6.07, 6.45) is 0.882. The summed E-state index contributed by atoms with van der Waals surface area (Å²) < 4.78 is 16.1. The SMILES string of the molecule is CN(CC#N)CCCOc1ccc2c(c1)OCO2. The first-order valence-corrected chi connectivity index (χ1v) is 5.87. The number of fused-ring (bicyclic) bond motifs is 1. The lowest BCUT2D eigenvalue weighted by atomic mass is 10.3. The van der Waals surface area contributed by atoms with Gasteiger partial charge in [-0.15, -0.1) is 0 Å². The van der Waals surface area contributed by atoms with Crippen LogP contribution in [0.5, 0.6) is 17.2 Å². The molecule has 2 rings (SSSR count). The molecule has 0 atom stereocenters. The summed E-state index contributed by atoms with van der Waals surface area (Å²) in [6.45, 7) is 2.19. The molecule has 0 radical (unpaired) electrons. The molecule has 1 aromatic carbocycles. The van der Waals surface area contributed by atoms with Crippen molar-refractivity contribution >= 4 is 0 Å². The van der Waals surface area contributed by atoms with Crippen LogP contribution in [0.3, 0.4) is 0 Å². The van der Waals surface area contributed by atoms with E-state index in [1.165, 1.54) is 0 Å². The standard InChI is InChI=1S/C13H16N2O3/c1-15(7-5-14)6-2-8-16-11-3-4-12-13(9-11)18-10-17-12/h3-4,9H,2,6-8,10H2,1H3. The average molecular weight is 248 g/mol. The minimum absolute atomic E-state index is 0.276. The van der Waals surface area contributed by atoms with Gasteiger partial charge in [0, 0.05) is 12.6 Å². The van der Waals surface area contributed by atoms with Crippen molar-refractivity contribution in [3.05, 3.63) is 18.2 Å². The normalized spacial score (nSPS) is 12.5. The number of benzene rings is 1. The Bertz CT molecular complexity index is 442. The molecule has 0 bridgehead atoms. The zero-order valence-electron chi connectivity index (χ0n) is 10.4. The largest absolute Gasteiger partial charge is 0.493 e. The van der Waals surface area contributed by atoms with Crippen molar-refractivity contribution in [1.82, 2.24) is 4.90 Å². The van der Waals surface area contributed by atoms with Crippen molar-refractivity contribution in [2.45, 2.75) is 6.42 Å². The molecular formula is C13H16N2O3. The van der Waals surface area contributed by atoms with Gasteiger partial charge in [0.05, 0.1) is 19.2 Å². The summed E-state index contributed by atoms with van der Waals surface area (Å²) in [5, 5.41) is 8.51. The van der Waals surface area contributed by atoms with Crippen molar-refractivity contribution in [2.75, 3.05) is 33.5 Å². The van der Waals surface area contributed by atoms with Gasteiger partial charge in [0.15, 0.2) is 11.5 Å². The number of nitriles is 1. The van der Waals surface area contributed by atoms with E-state index >= 15 is 0 Å². The molecule has 0 spiro atoms. The average Bonchev–Trinajstić information content (AvgIpc) is 2.82. The van der Waals surface area contributed by atoms with E-state index in [1.807, 2.05) is 30.1 Å². The molecule has 18 heavy (non-hydrogen) atoms. The second kappa shape index (κ2) is 6.12. The van der Waals surface area contributed by atoms with Gasteiger partial charge >= 0.3 is 0 Å². The molecule has 1 aliphatic heterocycles. The van der Waals surface area contributed by atoms with Crippen LogP contribution in [0.4, 0.5) is 0 Å². The second-order valence-electron chi connectivity index (χ2n) is 4.11. The molecule has 0 aliphatic carbocycles. The molecule has 5 nitrogen and oxygen atoms in total.